The van der Waals surface area contributed by atoms with Crippen LogP contribution in [-0.2, 0) is 4.79 Å². The van der Waals surface area contributed by atoms with Gasteiger partial charge in [-0.05, 0) is 19.2 Å². The van der Waals surface area contributed by atoms with E-state index in [1.54, 1.807) is 11.9 Å². The monoisotopic (exact) mass is 311 g/mol. The number of nitrogens with zero attached hydrogens (tertiary/aromatic N) is 2. The number of hydrogen-bond donors (Lipinski definition) is 1. The summed E-state index contributed by atoms with van der Waals surface area (Å²) in [6.07, 6.45) is 0.414. The minimum absolute atomic E-state index is 0.0365. The molecular weight excluding hydrogens is 292 g/mol. The van der Waals surface area contributed by atoms with Crippen LogP contribution in [0.2, 0.25) is 0 Å². The predicted octanol–water partition coefficient (Wildman–Crippen LogP) is 0.859. The number of carbonyl (C=O) groups is 2. The summed E-state index contributed by atoms with van der Waals surface area (Å²) < 4.78 is 26.5. The van der Waals surface area contributed by atoms with Crippen LogP contribution in [0.15, 0.2) is 18.2 Å². The van der Waals surface area contributed by atoms with Crippen LogP contribution >= 0.6 is 0 Å². The van der Waals surface area contributed by atoms with E-state index in [-0.39, 0.29) is 11.5 Å². The highest BCUT2D eigenvalue weighted by Gasteiger charge is 2.26. The summed E-state index contributed by atoms with van der Waals surface area (Å²) in [5.41, 5.74) is -0.142. The smallest absolute Gasteiger partial charge is 0.256 e. The van der Waals surface area contributed by atoms with E-state index in [0.717, 1.165) is 12.1 Å². The summed E-state index contributed by atoms with van der Waals surface area (Å²) in [4.78, 5) is 27.3. The number of halogens is 2. The molecule has 1 heterocycles. The highest BCUT2D eigenvalue weighted by molar-refractivity contribution is 5.94. The van der Waals surface area contributed by atoms with Crippen LogP contribution in [-0.4, -0.2) is 61.4 Å². The fourth-order valence-corrected chi connectivity index (χ4v) is 2.38. The van der Waals surface area contributed by atoms with Gasteiger partial charge >= 0.3 is 0 Å². The van der Waals surface area contributed by atoms with Crippen LogP contribution in [0.5, 0.6) is 0 Å². The van der Waals surface area contributed by atoms with E-state index in [9.17, 15) is 18.4 Å². The van der Waals surface area contributed by atoms with Crippen LogP contribution in [0.1, 0.15) is 16.8 Å². The van der Waals surface area contributed by atoms with Crippen molar-refractivity contribution in [2.45, 2.75) is 6.42 Å². The molecule has 2 rings (SSSR count). The third-order valence-electron chi connectivity index (χ3n) is 3.67. The predicted molar refractivity (Wildman–Crippen MR) is 77.4 cm³/mol. The molecule has 0 spiro atoms. The van der Waals surface area contributed by atoms with Crippen LogP contribution in [0.4, 0.5) is 8.78 Å². The number of piperazine rings is 1. The van der Waals surface area contributed by atoms with Crippen molar-refractivity contribution in [3.8, 4) is 0 Å². The standard InChI is InChI=1S/C15H19F2N3O2/c1-18-5-4-14(21)19-6-8-20(9-7-19)15(22)12-3-2-11(16)10-13(12)17/h2-3,10,18H,4-9H2,1H3. The Balaban J connectivity index is 1.93. The quantitative estimate of drug-likeness (QED) is 0.897. The number of hydrogen-bond acceptors (Lipinski definition) is 3. The first-order chi connectivity index (χ1) is 10.5. The van der Waals surface area contributed by atoms with E-state index < -0.39 is 17.5 Å². The molecule has 120 valence electrons. The Kier molecular flexibility index (Phi) is 5.43. The molecule has 1 aromatic rings. The number of carbonyl (C=O) groups excluding carboxylic acids is 2. The van der Waals surface area contributed by atoms with Crippen molar-refractivity contribution in [2.75, 3.05) is 39.8 Å². The second kappa shape index (κ2) is 7.31. The van der Waals surface area contributed by atoms with Crippen molar-refractivity contribution < 1.29 is 18.4 Å². The lowest BCUT2D eigenvalue weighted by Gasteiger charge is -2.35. The number of benzene rings is 1. The van der Waals surface area contributed by atoms with Gasteiger partial charge in [-0.3, -0.25) is 9.59 Å². The zero-order valence-corrected chi connectivity index (χ0v) is 12.4. The Labute approximate surface area is 127 Å². The molecule has 0 radical (unpaired) electrons. The minimum Gasteiger partial charge on any atom is -0.339 e. The first-order valence-corrected chi connectivity index (χ1v) is 7.19. The van der Waals surface area contributed by atoms with Crippen molar-refractivity contribution in [3.63, 3.8) is 0 Å². The van der Waals surface area contributed by atoms with Gasteiger partial charge in [0.05, 0.1) is 5.56 Å². The maximum absolute atomic E-state index is 13.6. The highest BCUT2D eigenvalue weighted by Crippen LogP contribution is 2.14. The molecule has 0 aliphatic carbocycles. The number of amides is 2. The third-order valence-corrected chi connectivity index (χ3v) is 3.67. The summed E-state index contributed by atoms with van der Waals surface area (Å²) in [6.45, 7) is 2.16. The van der Waals surface area contributed by atoms with Gasteiger partial charge in [0.15, 0.2) is 0 Å². The Morgan fingerprint density at radius 3 is 2.36 bits per heavy atom. The first-order valence-electron chi connectivity index (χ1n) is 7.19. The lowest BCUT2D eigenvalue weighted by molar-refractivity contribution is -0.132. The Hall–Kier alpha value is -2.02. The Bertz CT molecular complexity index is 558. The van der Waals surface area contributed by atoms with E-state index >= 15 is 0 Å². The second-order valence-corrected chi connectivity index (χ2v) is 5.15. The van der Waals surface area contributed by atoms with Crippen LogP contribution in [0.25, 0.3) is 0 Å². The molecule has 0 bridgehead atoms. The molecule has 0 aromatic heterocycles. The average molecular weight is 311 g/mol. The maximum Gasteiger partial charge on any atom is 0.256 e. The summed E-state index contributed by atoms with van der Waals surface area (Å²) in [5, 5.41) is 2.91. The Morgan fingerprint density at radius 1 is 1.14 bits per heavy atom. The van der Waals surface area contributed by atoms with Gasteiger partial charge in [-0.15, -0.1) is 0 Å². The van der Waals surface area contributed by atoms with Crippen molar-refractivity contribution in [1.82, 2.24) is 15.1 Å². The van der Waals surface area contributed by atoms with E-state index in [2.05, 4.69) is 5.32 Å². The molecule has 1 N–H and O–H groups in total. The van der Waals surface area contributed by atoms with Crippen LogP contribution < -0.4 is 5.32 Å². The van der Waals surface area contributed by atoms with Gasteiger partial charge < -0.3 is 15.1 Å². The molecule has 0 saturated carbocycles. The molecule has 5 nitrogen and oxygen atoms in total. The summed E-state index contributed by atoms with van der Waals surface area (Å²) >= 11 is 0. The minimum atomic E-state index is -0.863. The van der Waals surface area contributed by atoms with Gasteiger partial charge in [0.1, 0.15) is 11.6 Å². The molecule has 7 heteroatoms. The molecule has 22 heavy (non-hydrogen) atoms. The summed E-state index contributed by atoms with van der Waals surface area (Å²) in [6, 6.07) is 2.91. The summed E-state index contributed by atoms with van der Waals surface area (Å²) in [7, 11) is 1.78. The molecule has 0 atom stereocenters. The third kappa shape index (κ3) is 3.79. The van der Waals surface area contributed by atoms with Crippen molar-refractivity contribution >= 4 is 11.8 Å². The number of nitrogens with one attached hydrogen (secondary N) is 1. The first kappa shape index (κ1) is 16.4. The SMILES string of the molecule is CNCCC(=O)N1CCN(C(=O)c2ccc(F)cc2F)CC1. The van der Waals surface area contributed by atoms with Gasteiger partial charge in [0.2, 0.25) is 5.91 Å². The van der Waals surface area contributed by atoms with E-state index in [0.29, 0.717) is 45.2 Å². The van der Waals surface area contributed by atoms with Crippen molar-refractivity contribution in [1.29, 1.82) is 0 Å². The zero-order chi connectivity index (χ0) is 16.1. The van der Waals surface area contributed by atoms with E-state index in [1.165, 1.54) is 4.90 Å². The van der Waals surface area contributed by atoms with Gasteiger partial charge in [-0.25, -0.2) is 8.78 Å². The Morgan fingerprint density at radius 2 is 1.77 bits per heavy atom. The zero-order valence-electron chi connectivity index (χ0n) is 12.4. The normalized spacial score (nSPS) is 15.0. The lowest BCUT2D eigenvalue weighted by atomic mass is 10.1. The van der Waals surface area contributed by atoms with Gasteiger partial charge in [-0.1, -0.05) is 0 Å². The maximum atomic E-state index is 13.6. The van der Waals surface area contributed by atoms with Crippen LogP contribution in [0, 0.1) is 11.6 Å². The van der Waals surface area contributed by atoms with Crippen molar-refractivity contribution in [3.05, 3.63) is 35.4 Å². The molecule has 0 unspecified atom stereocenters. The second-order valence-electron chi connectivity index (χ2n) is 5.15. The molecule has 1 aromatic carbocycles. The fraction of sp³-hybridized carbons (Fsp3) is 0.467. The fourth-order valence-electron chi connectivity index (χ4n) is 2.38. The van der Waals surface area contributed by atoms with E-state index in [1.807, 2.05) is 0 Å². The molecule has 2 amide bonds. The summed E-state index contributed by atoms with van der Waals surface area (Å²) in [5.74, 6) is -2.01. The number of rotatable bonds is 4. The average Bonchev–Trinajstić information content (AvgIpc) is 2.52. The molecule has 1 saturated heterocycles. The van der Waals surface area contributed by atoms with Gasteiger partial charge in [-0.2, -0.15) is 0 Å². The molecule has 1 aliphatic heterocycles. The topological polar surface area (TPSA) is 52.7 Å². The van der Waals surface area contributed by atoms with Crippen LogP contribution in [0.3, 0.4) is 0 Å². The molecular formula is C15H19F2N3O2. The lowest BCUT2D eigenvalue weighted by Crippen LogP contribution is -2.51. The van der Waals surface area contributed by atoms with E-state index in [4.69, 9.17) is 0 Å². The van der Waals surface area contributed by atoms with Gasteiger partial charge in [0, 0.05) is 45.2 Å². The molecule has 1 fully saturated rings. The van der Waals surface area contributed by atoms with Gasteiger partial charge in [0.25, 0.3) is 5.91 Å². The van der Waals surface area contributed by atoms with Crippen molar-refractivity contribution in [2.24, 2.45) is 0 Å². The molecule has 1 aliphatic rings. The highest BCUT2D eigenvalue weighted by atomic mass is 19.1. The largest absolute Gasteiger partial charge is 0.339 e.